The number of hydrogen-bond donors (Lipinski definition) is 0. The first-order valence-electron chi connectivity index (χ1n) is 8.11. The summed E-state index contributed by atoms with van der Waals surface area (Å²) in [6, 6.07) is 13.3. The summed E-state index contributed by atoms with van der Waals surface area (Å²) < 4.78 is 5.44. The summed E-state index contributed by atoms with van der Waals surface area (Å²) in [6.45, 7) is 0.499. The van der Waals surface area contributed by atoms with E-state index in [0.717, 1.165) is 28.4 Å². The van der Waals surface area contributed by atoms with Crippen molar-refractivity contribution in [3.63, 3.8) is 0 Å². The van der Waals surface area contributed by atoms with Crippen molar-refractivity contribution < 1.29 is 4.52 Å². The maximum atomic E-state index is 5.44. The van der Waals surface area contributed by atoms with Crippen LogP contribution in [0.25, 0.3) is 22.6 Å². The van der Waals surface area contributed by atoms with E-state index in [2.05, 4.69) is 25.1 Å². The van der Waals surface area contributed by atoms with Gasteiger partial charge in [-0.2, -0.15) is 0 Å². The predicted molar refractivity (Wildman–Crippen MR) is 97.1 cm³/mol. The lowest BCUT2D eigenvalue weighted by Gasteiger charge is -2.15. The molecule has 4 aromatic heterocycles. The Balaban J connectivity index is 1.52. The standard InChI is InChI=1S/C19H16N6O/c1-25(13-15-11-18(24-26-15)14-5-4-8-20-12-14)19-22-10-7-17(23-19)16-6-2-3-9-21-16/h2-12H,13H2,1H3. The number of rotatable bonds is 5. The SMILES string of the molecule is CN(Cc1cc(-c2cccnc2)no1)c1nccc(-c2ccccn2)n1. The van der Waals surface area contributed by atoms with Crippen LogP contribution < -0.4 is 4.90 Å². The van der Waals surface area contributed by atoms with Gasteiger partial charge in [0.25, 0.3) is 0 Å². The highest BCUT2D eigenvalue weighted by molar-refractivity contribution is 5.57. The fraction of sp³-hybridized carbons (Fsp3) is 0.105. The summed E-state index contributed by atoms with van der Waals surface area (Å²) in [4.78, 5) is 19.3. The minimum absolute atomic E-state index is 0.499. The Kier molecular flexibility index (Phi) is 4.34. The molecule has 4 rings (SSSR count). The largest absolute Gasteiger partial charge is 0.359 e. The topological polar surface area (TPSA) is 80.8 Å². The van der Waals surface area contributed by atoms with Gasteiger partial charge in [0, 0.05) is 43.5 Å². The minimum Gasteiger partial charge on any atom is -0.359 e. The Hall–Kier alpha value is -3.61. The van der Waals surface area contributed by atoms with E-state index >= 15 is 0 Å². The van der Waals surface area contributed by atoms with Crippen molar-refractivity contribution in [3.8, 4) is 22.6 Å². The van der Waals surface area contributed by atoms with E-state index in [9.17, 15) is 0 Å². The Morgan fingerprint density at radius 3 is 2.69 bits per heavy atom. The average molecular weight is 344 g/mol. The molecule has 0 amide bonds. The van der Waals surface area contributed by atoms with E-state index < -0.39 is 0 Å². The van der Waals surface area contributed by atoms with Gasteiger partial charge in [-0.25, -0.2) is 9.97 Å². The zero-order valence-corrected chi connectivity index (χ0v) is 14.1. The monoisotopic (exact) mass is 344 g/mol. The average Bonchev–Trinajstić information content (AvgIpc) is 3.18. The third kappa shape index (κ3) is 3.41. The van der Waals surface area contributed by atoms with E-state index in [1.54, 1.807) is 24.8 Å². The Morgan fingerprint density at radius 2 is 1.88 bits per heavy atom. The van der Waals surface area contributed by atoms with Gasteiger partial charge in [-0.1, -0.05) is 11.2 Å². The van der Waals surface area contributed by atoms with Crippen LogP contribution in [0.2, 0.25) is 0 Å². The van der Waals surface area contributed by atoms with Crippen LogP contribution in [0.15, 0.2) is 71.8 Å². The van der Waals surface area contributed by atoms with Crippen LogP contribution in [0, 0.1) is 0 Å². The molecule has 0 spiro atoms. The second-order valence-corrected chi connectivity index (χ2v) is 5.73. The maximum Gasteiger partial charge on any atom is 0.226 e. The van der Waals surface area contributed by atoms with Crippen LogP contribution in [-0.4, -0.2) is 32.1 Å². The summed E-state index contributed by atoms with van der Waals surface area (Å²) in [6.07, 6.45) is 6.95. The molecule has 0 atom stereocenters. The molecule has 0 radical (unpaired) electrons. The normalized spacial score (nSPS) is 10.7. The highest BCUT2D eigenvalue weighted by atomic mass is 16.5. The first kappa shape index (κ1) is 15.9. The van der Waals surface area contributed by atoms with E-state index in [4.69, 9.17) is 4.52 Å². The van der Waals surface area contributed by atoms with Crippen molar-refractivity contribution in [1.29, 1.82) is 0 Å². The lowest BCUT2D eigenvalue weighted by molar-refractivity contribution is 0.384. The number of anilines is 1. The molecule has 4 aromatic rings. The molecule has 0 N–H and O–H groups in total. The summed E-state index contributed by atoms with van der Waals surface area (Å²) >= 11 is 0. The fourth-order valence-electron chi connectivity index (χ4n) is 2.53. The molecule has 0 fully saturated rings. The molecule has 0 aliphatic heterocycles. The molecule has 0 saturated heterocycles. The van der Waals surface area contributed by atoms with E-state index in [-0.39, 0.29) is 0 Å². The van der Waals surface area contributed by atoms with Crippen molar-refractivity contribution in [2.24, 2.45) is 0 Å². The van der Waals surface area contributed by atoms with Crippen LogP contribution in [0.1, 0.15) is 5.76 Å². The van der Waals surface area contributed by atoms with Crippen molar-refractivity contribution in [1.82, 2.24) is 25.1 Å². The molecular formula is C19H16N6O. The first-order chi connectivity index (χ1) is 12.8. The summed E-state index contributed by atoms with van der Waals surface area (Å²) in [5.41, 5.74) is 3.25. The number of hydrogen-bond acceptors (Lipinski definition) is 7. The Morgan fingerprint density at radius 1 is 0.923 bits per heavy atom. The third-order valence-electron chi connectivity index (χ3n) is 3.82. The van der Waals surface area contributed by atoms with Gasteiger partial charge in [-0.15, -0.1) is 0 Å². The molecule has 0 unspecified atom stereocenters. The van der Waals surface area contributed by atoms with E-state index in [1.807, 2.05) is 54.4 Å². The molecule has 4 heterocycles. The van der Waals surface area contributed by atoms with Crippen molar-refractivity contribution >= 4 is 5.95 Å². The number of nitrogens with zero attached hydrogens (tertiary/aromatic N) is 6. The molecule has 128 valence electrons. The van der Waals surface area contributed by atoms with Gasteiger partial charge in [0.1, 0.15) is 5.69 Å². The van der Waals surface area contributed by atoms with Crippen LogP contribution >= 0.6 is 0 Å². The molecular weight excluding hydrogens is 328 g/mol. The first-order valence-corrected chi connectivity index (χ1v) is 8.11. The fourth-order valence-corrected chi connectivity index (χ4v) is 2.53. The quantitative estimate of drug-likeness (QED) is 0.550. The van der Waals surface area contributed by atoms with Crippen molar-refractivity contribution in [2.45, 2.75) is 6.54 Å². The van der Waals surface area contributed by atoms with Gasteiger partial charge in [-0.05, 0) is 30.3 Å². The highest BCUT2D eigenvalue weighted by Crippen LogP contribution is 2.20. The van der Waals surface area contributed by atoms with Crippen LogP contribution in [0.3, 0.4) is 0 Å². The number of aromatic nitrogens is 5. The molecule has 7 heteroatoms. The van der Waals surface area contributed by atoms with Gasteiger partial charge < -0.3 is 9.42 Å². The van der Waals surface area contributed by atoms with E-state index in [0.29, 0.717) is 12.5 Å². The summed E-state index contributed by atoms with van der Waals surface area (Å²) in [5, 5.41) is 4.11. The molecule has 0 saturated carbocycles. The van der Waals surface area contributed by atoms with Gasteiger partial charge in [0.05, 0.1) is 17.9 Å². The van der Waals surface area contributed by atoms with Gasteiger partial charge in [0.2, 0.25) is 5.95 Å². The lowest BCUT2D eigenvalue weighted by Crippen LogP contribution is -2.18. The summed E-state index contributed by atoms with van der Waals surface area (Å²) in [5.74, 6) is 1.31. The number of pyridine rings is 2. The maximum absolute atomic E-state index is 5.44. The Labute approximate surface area is 150 Å². The highest BCUT2D eigenvalue weighted by Gasteiger charge is 2.12. The van der Waals surface area contributed by atoms with Gasteiger partial charge in [-0.3, -0.25) is 9.97 Å². The minimum atomic E-state index is 0.499. The second kappa shape index (κ2) is 7.10. The smallest absolute Gasteiger partial charge is 0.226 e. The van der Waals surface area contributed by atoms with Crippen LogP contribution in [0.5, 0.6) is 0 Å². The van der Waals surface area contributed by atoms with Crippen molar-refractivity contribution in [3.05, 3.63) is 73.0 Å². The molecule has 0 bridgehead atoms. The third-order valence-corrected chi connectivity index (χ3v) is 3.82. The molecule has 0 aliphatic rings. The van der Waals surface area contributed by atoms with Gasteiger partial charge >= 0.3 is 0 Å². The van der Waals surface area contributed by atoms with Crippen LogP contribution in [-0.2, 0) is 6.54 Å². The molecule has 0 aliphatic carbocycles. The molecule has 26 heavy (non-hydrogen) atoms. The lowest BCUT2D eigenvalue weighted by atomic mass is 10.2. The van der Waals surface area contributed by atoms with Gasteiger partial charge in [0.15, 0.2) is 5.76 Å². The summed E-state index contributed by atoms with van der Waals surface area (Å²) in [7, 11) is 1.91. The van der Waals surface area contributed by atoms with Crippen LogP contribution in [0.4, 0.5) is 5.95 Å². The predicted octanol–water partition coefficient (Wildman–Crippen LogP) is 3.23. The zero-order valence-electron chi connectivity index (χ0n) is 14.1. The zero-order chi connectivity index (χ0) is 17.8. The molecule has 0 aromatic carbocycles. The van der Waals surface area contributed by atoms with E-state index in [1.165, 1.54) is 0 Å². The second-order valence-electron chi connectivity index (χ2n) is 5.73. The molecule has 7 nitrogen and oxygen atoms in total. The van der Waals surface area contributed by atoms with Crippen molar-refractivity contribution in [2.75, 3.05) is 11.9 Å². The Bertz CT molecular complexity index is 987.